The second-order valence-corrected chi connectivity index (χ2v) is 6.88. The number of benzene rings is 1. The lowest BCUT2D eigenvalue weighted by Crippen LogP contribution is -2.18. The highest BCUT2D eigenvalue weighted by molar-refractivity contribution is 7.12. The summed E-state index contributed by atoms with van der Waals surface area (Å²) in [6.07, 6.45) is -9.29. The molecule has 1 aromatic carbocycles. The third kappa shape index (κ3) is 5.01. The zero-order chi connectivity index (χ0) is 23.7. The van der Waals surface area contributed by atoms with Crippen molar-refractivity contribution < 1.29 is 40.6 Å². The Hall–Kier alpha value is -3.55. The van der Waals surface area contributed by atoms with Gasteiger partial charge in [0, 0.05) is 6.21 Å². The highest BCUT2D eigenvalue weighted by atomic mass is 32.1. The van der Waals surface area contributed by atoms with Gasteiger partial charge >= 0.3 is 18.5 Å². The number of hydrogen-bond donors (Lipinski definition) is 1. The van der Waals surface area contributed by atoms with Crippen LogP contribution in [0.25, 0.3) is 5.69 Å². The number of methoxy groups -OCH3 is 1. The molecule has 0 bridgehead atoms. The highest BCUT2D eigenvalue weighted by Gasteiger charge is 2.38. The standard InChI is InChI=1S/C18H11F6N3O4S/c1-30-16(29)13-12(6-7-32-13)25-8-11-14(17(19,20)21)26-27(15(11)28)9-2-4-10(5-3-9)31-18(22,23)24/h2-8,26H,1H3. The molecule has 0 atom stereocenters. The topological polar surface area (TPSA) is 85.7 Å². The Kier molecular flexibility index (Phi) is 6.16. The number of ether oxygens (including phenoxy) is 2. The summed E-state index contributed by atoms with van der Waals surface area (Å²) in [6.45, 7) is 0. The summed E-state index contributed by atoms with van der Waals surface area (Å²) in [7, 11) is 1.12. The molecule has 0 amide bonds. The SMILES string of the molecule is COC(=O)c1sccc1N=Cc1c(C(F)(F)F)[nH]n(-c2ccc(OC(F)(F)F)cc2)c1=O. The Morgan fingerprint density at radius 3 is 2.34 bits per heavy atom. The third-order valence-corrected chi connectivity index (χ3v) is 4.77. The Balaban J connectivity index is 2.03. The first kappa shape index (κ1) is 23.1. The van der Waals surface area contributed by atoms with Gasteiger partial charge in [-0.1, -0.05) is 0 Å². The van der Waals surface area contributed by atoms with Crippen LogP contribution in [0, 0.1) is 0 Å². The number of carbonyl (C=O) groups is 1. The minimum atomic E-state index is -4.98. The van der Waals surface area contributed by atoms with Gasteiger partial charge in [-0.3, -0.25) is 14.9 Å². The molecule has 0 aliphatic carbocycles. The van der Waals surface area contributed by atoms with Crippen LogP contribution in [0.5, 0.6) is 5.75 Å². The van der Waals surface area contributed by atoms with Gasteiger partial charge in [0.15, 0.2) is 5.69 Å². The molecule has 3 rings (SSSR count). The van der Waals surface area contributed by atoms with Crippen LogP contribution < -0.4 is 10.3 Å². The molecule has 170 valence electrons. The van der Waals surface area contributed by atoms with E-state index in [0.717, 1.165) is 42.7 Å². The zero-order valence-electron chi connectivity index (χ0n) is 15.7. The van der Waals surface area contributed by atoms with Crippen molar-refractivity contribution in [3.8, 4) is 11.4 Å². The summed E-state index contributed by atoms with van der Waals surface area (Å²) in [6, 6.07) is 4.96. The van der Waals surface area contributed by atoms with Crippen LogP contribution in [-0.2, 0) is 10.9 Å². The van der Waals surface area contributed by atoms with Gasteiger partial charge in [-0.2, -0.15) is 13.2 Å². The first-order valence-corrected chi connectivity index (χ1v) is 9.27. The maximum Gasteiger partial charge on any atom is 0.573 e. The van der Waals surface area contributed by atoms with Crippen molar-refractivity contribution in [3.63, 3.8) is 0 Å². The molecule has 0 unspecified atom stereocenters. The Bertz CT molecular complexity index is 1210. The van der Waals surface area contributed by atoms with E-state index in [1.54, 1.807) is 0 Å². The molecule has 3 aromatic rings. The normalized spacial score (nSPS) is 12.3. The summed E-state index contributed by atoms with van der Waals surface area (Å²) in [5.41, 5.74) is -3.65. The number of aromatic nitrogens is 2. The molecule has 1 N–H and O–H groups in total. The van der Waals surface area contributed by atoms with Crippen LogP contribution in [0.4, 0.5) is 32.0 Å². The van der Waals surface area contributed by atoms with Crippen LogP contribution in [0.2, 0.25) is 0 Å². The summed E-state index contributed by atoms with van der Waals surface area (Å²) in [5, 5.41) is 3.35. The lowest BCUT2D eigenvalue weighted by Gasteiger charge is -2.09. The van der Waals surface area contributed by atoms with Crippen LogP contribution in [0.1, 0.15) is 20.9 Å². The van der Waals surface area contributed by atoms with Gasteiger partial charge in [0.2, 0.25) is 0 Å². The number of alkyl halides is 6. The molecular formula is C18H11F6N3O4S. The largest absolute Gasteiger partial charge is 0.573 e. The first-order chi connectivity index (χ1) is 14.9. The molecule has 0 aliphatic heterocycles. The van der Waals surface area contributed by atoms with Crippen molar-refractivity contribution in [2.75, 3.05) is 7.11 Å². The monoisotopic (exact) mass is 479 g/mol. The molecule has 32 heavy (non-hydrogen) atoms. The number of aliphatic imine (C=N–C) groups is 1. The molecule has 2 aromatic heterocycles. The lowest BCUT2D eigenvalue weighted by atomic mass is 10.2. The van der Waals surface area contributed by atoms with Gasteiger partial charge < -0.3 is 9.47 Å². The summed E-state index contributed by atoms with van der Waals surface area (Å²) < 4.78 is 86.0. The van der Waals surface area contributed by atoms with Crippen molar-refractivity contribution in [1.29, 1.82) is 0 Å². The van der Waals surface area contributed by atoms with Gasteiger partial charge in [0.05, 0.1) is 24.0 Å². The second kappa shape index (κ2) is 8.53. The van der Waals surface area contributed by atoms with Crippen LogP contribution in [-0.4, -0.2) is 35.4 Å². The van der Waals surface area contributed by atoms with E-state index in [0.29, 0.717) is 10.9 Å². The number of aromatic amines is 1. The molecule has 0 radical (unpaired) electrons. The lowest BCUT2D eigenvalue weighted by molar-refractivity contribution is -0.274. The summed E-state index contributed by atoms with van der Waals surface area (Å²) >= 11 is 0.945. The predicted octanol–water partition coefficient (Wildman–Crippen LogP) is 4.68. The van der Waals surface area contributed by atoms with Crippen molar-refractivity contribution in [1.82, 2.24) is 9.78 Å². The van der Waals surface area contributed by atoms with Gasteiger partial charge in [-0.25, -0.2) is 9.48 Å². The molecule has 0 saturated carbocycles. The van der Waals surface area contributed by atoms with Gasteiger partial charge in [-0.15, -0.1) is 24.5 Å². The van der Waals surface area contributed by atoms with Crippen molar-refractivity contribution in [2.24, 2.45) is 4.99 Å². The van der Waals surface area contributed by atoms with E-state index in [9.17, 15) is 35.9 Å². The number of H-pyrrole nitrogens is 1. The molecule has 0 fully saturated rings. The zero-order valence-corrected chi connectivity index (χ0v) is 16.6. The van der Waals surface area contributed by atoms with Crippen molar-refractivity contribution >= 4 is 29.2 Å². The minimum absolute atomic E-state index is 0.00391. The quantitative estimate of drug-likeness (QED) is 0.327. The number of carbonyl (C=O) groups excluding carboxylic acids is 1. The maximum absolute atomic E-state index is 13.5. The van der Waals surface area contributed by atoms with Crippen LogP contribution in [0.3, 0.4) is 0 Å². The van der Waals surface area contributed by atoms with E-state index in [2.05, 4.69) is 14.5 Å². The van der Waals surface area contributed by atoms with E-state index in [4.69, 9.17) is 0 Å². The fourth-order valence-electron chi connectivity index (χ4n) is 2.55. The number of nitrogens with one attached hydrogen (secondary N) is 1. The number of thiophene rings is 1. The number of esters is 1. The van der Waals surface area contributed by atoms with E-state index in [-0.39, 0.29) is 16.3 Å². The van der Waals surface area contributed by atoms with Gasteiger partial charge in [0.1, 0.15) is 10.6 Å². The Morgan fingerprint density at radius 2 is 1.78 bits per heavy atom. The molecular weight excluding hydrogens is 468 g/mol. The highest BCUT2D eigenvalue weighted by Crippen LogP contribution is 2.31. The third-order valence-electron chi connectivity index (χ3n) is 3.89. The maximum atomic E-state index is 13.5. The molecule has 7 nitrogen and oxygen atoms in total. The number of hydrogen-bond acceptors (Lipinski definition) is 6. The smallest absolute Gasteiger partial charge is 0.465 e. The molecule has 0 saturated heterocycles. The number of rotatable bonds is 5. The average Bonchev–Trinajstić information content (AvgIpc) is 3.29. The fraction of sp³-hybridized carbons (Fsp3) is 0.167. The second-order valence-electron chi connectivity index (χ2n) is 5.97. The average molecular weight is 479 g/mol. The molecule has 2 heterocycles. The van der Waals surface area contributed by atoms with E-state index in [1.165, 1.54) is 11.4 Å². The van der Waals surface area contributed by atoms with Crippen LogP contribution in [0.15, 0.2) is 45.5 Å². The number of nitrogens with zero attached hydrogens (tertiary/aromatic N) is 2. The Labute approximate surface area is 178 Å². The fourth-order valence-corrected chi connectivity index (χ4v) is 3.30. The van der Waals surface area contributed by atoms with Crippen LogP contribution >= 0.6 is 11.3 Å². The van der Waals surface area contributed by atoms with E-state index >= 15 is 0 Å². The molecule has 0 spiro atoms. The van der Waals surface area contributed by atoms with Gasteiger partial charge in [0.25, 0.3) is 5.56 Å². The van der Waals surface area contributed by atoms with E-state index < -0.39 is 41.1 Å². The van der Waals surface area contributed by atoms with Crippen molar-refractivity contribution in [3.05, 3.63) is 62.2 Å². The van der Waals surface area contributed by atoms with Gasteiger partial charge in [-0.05, 0) is 35.7 Å². The molecule has 14 heteroatoms. The van der Waals surface area contributed by atoms with E-state index in [1.807, 2.05) is 5.10 Å². The summed E-state index contributed by atoms with van der Waals surface area (Å²) in [4.78, 5) is 28.1. The minimum Gasteiger partial charge on any atom is -0.465 e. The first-order valence-electron chi connectivity index (χ1n) is 8.39. The molecule has 0 aliphatic rings. The predicted molar refractivity (Wildman–Crippen MR) is 101 cm³/mol. The number of halogens is 6. The Morgan fingerprint density at radius 1 is 1.12 bits per heavy atom. The van der Waals surface area contributed by atoms with Crippen molar-refractivity contribution in [2.45, 2.75) is 12.5 Å². The summed E-state index contributed by atoms with van der Waals surface area (Å²) in [5.74, 6) is -1.37.